The van der Waals surface area contributed by atoms with Crippen LogP contribution in [0, 0.1) is 3.57 Å². The molecule has 0 unspecified atom stereocenters. The fourth-order valence-corrected chi connectivity index (χ4v) is 4.00. The van der Waals surface area contributed by atoms with E-state index in [0.717, 1.165) is 28.2 Å². The molecule has 0 spiro atoms. The van der Waals surface area contributed by atoms with Crippen LogP contribution >= 0.6 is 33.9 Å². The molecule has 2 aromatic heterocycles. The molecule has 0 N–H and O–H groups in total. The second-order valence-corrected chi connectivity index (χ2v) is 7.29. The van der Waals surface area contributed by atoms with Gasteiger partial charge >= 0.3 is 0 Å². The summed E-state index contributed by atoms with van der Waals surface area (Å²) in [5.41, 5.74) is 3.39. The van der Waals surface area contributed by atoms with Crippen molar-refractivity contribution in [3.8, 4) is 33.1 Å². The van der Waals surface area contributed by atoms with Crippen molar-refractivity contribution in [2.24, 2.45) is 0 Å². The predicted octanol–water partition coefficient (Wildman–Crippen LogP) is 6.95. The van der Waals surface area contributed by atoms with Crippen molar-refractivity contribution >= 4 is 33.9 Å². The summed E-state index contributed by atoms with van der Waals surface area (Å²) in [6.07, 6.45) is 0. The summed E-state index contributed by atoms with van der Waals surface area (Å²) in [5, 5.41) is 2.10. The number of furan rings is 1. The zero-order chi connectivity index (χ0) is 15.6. The van der Waals surface area contributed by atoms with Crippen molar-refractivity contribution < 1.29 is 4.42 Å². The molecule has 1 nitrogen and oxygen atoms in total. The normalized spacial score (nSPS) is 10.8. The highest BCUT2D eigenvalue weighted by atomic mass is 127. The summed E-state index contributed by atoms with van der Waals surface area (Å²) >= 11 is 4.09. The van der Waals surface area contributed by atoms with Crippen LogP contribution in [0.1, 0.15) is 0 Å². The average Bonchev–Trinajstić information content (AvgIpc) is 3.25. The molecule has 3 heteroatoms. The van der Waals surface area contributed by atoms with Gasteiger partial charge in [-0.15, -0.1) is 11.3 Å². The second-order valence-electron chi connectivity index (χ2n) is 5.18. The van der Waals surface area contributed by atoms with Crippen molar-refractivity contribution in [3.05, 3.63) is 81.7 Å². The van der Waals surface area contributed by atoms with Gasteiger partial charge in [0.2, 0.25) is 0 Å². The van der Waals surface area contributed by atoms with Gasteiger partial charge in [-0.1, -0.05) is 54.6 Å². The van der Waals surface area contributed by atoms with Crippen LogP contribution < -0.4 is 0 Å². The van der Waals surface area contributed by atoms with Gasteiger partial charge in [0.1, 0.15) is 11.5 Å². The number of hydrogen-bond acceptors (Lipinski definition) is 2. The molecule has 0 bridgehead atoms. The SMILES string of the molecule is Ic1ccccc1-c1cc(-c2cccs2)c(-c2ccccc2)o1. The second kappa shape index (κ2) is 6.34. The third-order valence-electron chi connectivity index (χ3n) is 3.69. The van der Waals surface area contributed by atoms with Crippen molar-refractivity contribution in [3.63, 3.8) is 0 Å². The molecular weight excluding hydrogens is 415 g/mol. The Labute approximate surface area is 152 Å². The lowest BCUT2D eigenvalue weighted by atomic mass is 10.1. The van der Waals surface area contributed by atoms with Crippen molar-refractivity contribution in [2.75, 3.05) is 0 Å². The fraction of sp³-hybridized carbons (Fsp3) is 0. The Bertz CT molecular complexity index is 923. The Kier molecular flexibility index (Phi) is 4.06. The number of rotatable bonds is 3. The van der Waals surface area contributed by atoms with Crippen LogP contribution in [0.2, 0.25) is 0 Å². The van der Waals surface area contributed by atoms with Gasteiger partial charge in [0.05, 0.1) is 0 Å². The quantitative estimate of drug-likeness (QED) is 0.322. The molecule has 0 saturated carbocycles. The van der Waals surface area contributed by atoms with Gasteiger partial charge in [-0.25, -0.2) is 0 Å². The van der Waals surface area contributed by atoms with E-state index in [0.29, 0.717) is 0 Å². The van der Waals surface area contributed by atoms with Crippen molar-refractivity contribution in [1.29, 1.82) is 0 Å². The largest absolute Gasteiger partial charge is 0.455 e. The maximum Gasteiger partial charge on any atom is 0.143 e. The number of hydrogen-bond donors (Lipinski definition) is 0. The Hall–Kier alpha value is -1.85. The molecule has 0 radical (unpaired) electrons. The fourth-order valence-electron chi connectivity index (χ4n) is 2.60. The molecule has 0 aliphatic carbocycles. The van der Waals surface area contributed by atoms with Crippen LogP contribution in [0.15, 0.2) is 82.6 Å². The Morgan fingerprint density at radius 1 is 0.783 bits per heavy atom. The summed E-state index contributed by atoms with van der Waals surface area (Å²) < 4.78 is 7.48. The van der Waals surface area contributed by atoms with Gasteiger partial charge in [-0.3, -0.25) is 0 Å². The van der Waals surface area contributed by atoms with Crippen LogP contribution in [0.4, 0.5) is 0 Å². The van der Waals surface area contributed by atoms with Gasteiger partial charge in [-0.05, 0) is 46.2 Å². The monoisotopic (exact) mass is 428 g/mol. The van der Waals surface area contributed by atoms with Gasteiger partial charge in [0.25, 0.3) is 0 Å². The maximum absolute atomic E-state index is 6.29. The maximum atomic E-state index is 6.29. The summed E-state index contributed by atoms with van der Waals surface area (Å²) in [5.74, 6) is 1.85. The topological polar surface area (TPSA) is 13.1 Å². The minimum Gasteiger partial charge on any atom is -0.455 e. The summed E-state index contributed by atoms with van der Waals surface area (Å²) in [6, 6.07) is 25.0. The molecule has 4 aromatic rings. The standard InChI is InChI=1S/C20H13IOS/c21-17-10-5-4-9-15(17)18-13-16(19-11-6-12-23-19)20(22-18)14-7-2-1-3-8-14/h1-13H. The van der Waals surface area contributed by atoms with Crippen molar-refractivity contribution in [1.82, 2.24) is 0 Å². The lowest BCUT2D eigenvalue weighted by Crippen LogP contribution is -1.78. The zero-order valence-corrected chi connectivity index (χ0v) is 15.2. The Morgan fingerprint density at radius 2 is 1.57 bits per heavy atom. The van der Waals surface area contributed by atoms with Crippen molar-refractivity contribution in [2.45, 2.75) is 0 Å². The molecule has 4 rings (SSSR count). The summed E-state index contributed by atoms with van der Waals surface area (Å²) in [6.45, 7) is 0. The first-order chi connectivity index (χ1) is 11.3. The van der Waals surface area contributed by atoms with Crippen LogP contribution in [0.5, 0.6) is 0 Å². The molecular formula is C20H13IOS. The molecule has 0 atom stereocenters. The van der Waals surface area contributed by atoms with E-state index in [1.165, 1.54) is 8.45 Å². The van der Waals surface area contributed by atoms with E-state index in [2.05, 4.69) is 70.4 Å². The highest BCUT2D eigenvalue weighted by molar-refractivity contribution is 14.1. The van der Waals surface area contributed by atoms with Gasteiger partial charge < -0.3 is 4.42 Å². The Morgan fingerprint density at radius 3 is 2.30 bits per heavy atom. The molecule has 0 fully saturated rings. The van der Waals surface area contributed by atoms with E-state index in [1.54, 1.807) is 11.3 Å². The first-order valence-corrected chi connectivity index (χ1v) is 9.27. The van der Waals surface area contributed by atoms with Gasteiger partial charge in [0, 0.05) is 25.1 Å². The van der Waals surface area contributed by atoms with E-state index in [-0.39, 0.29) is 0 Å². The minimum atomic E-state index is 0.914. The number of benzene rings is 2. The van der Waals surface area contributed by atoms with Gasteiger partial charge in [0.15, 0.2) is 0 Å². The number of thiophene rings is 1. The van der Waals surface area contributed by atoms with E-state index in [1.807, 2.05) is 30.3 Å². The minimum absolute atomic E-state index is 0.914. The molecule has 2 heterocycles. The Balaban J connectivity index is 1.93. The molecule has 0 amide bonds. The van der Waals surface area contributed by atoms with E-state index in [4.69, 9.17) is 4.42 Å². The zero-order valence-electron chi connectivity index (χ0n) is 12.2. The smallest absolute Gasteiger partial charge is 0.143 e. The number of halogens is 1. The third-order valence-corrected chi connectivity index (χ3v) is 5.54. The molecule has 0 aliphatic rings. The van der Waals surface area contributed by atoms with E-state index in [9.17, 15) is 0 Å². The first kappa shape index (κ1) is 14.7. The highest BCUT2D eigenvalue weighted by Gasteiger charge is 2.17. The first-order valence-electron chi connectivity index (χ1n) is 7.31. The summed E-state index contributed by atoms with van der Waals surface area (Å²) in [7, 11) is 0. The predicted molar refractivity (Wildman–Crippen MR) is 106 cm³/mol. The van der Waals surface area contributed by atoms with Crippen LogP contribution in [0.3, 0.4) is 0 Å². The van der Waals surface area contributed by atoms with E-state index < -0.39 is 0 Å². The van der Waals surface area contributed by atoms with Crippen LogP contribution in [0.25, 0.3) is 33.1 Å². The van der Waals surface area contributed by atoms with E-state index >= 15 is 0 Å². The molecule has 112 valence electrons. The van der Waals surface area contributed by atoms with Gasteiger partial charge in [-0.2, -0.15) is 0 Å². The molecule has 0 aliphatic heterocycles. The highest BCUT2D eigenvalue weighted by Crippen LogP contribution is 2.41. The molecule has 0 saturated heterocycles. The lowest BCUT2D eigenvalue weighted by Gasteiger charge is -2.01. The van der Waals surface area contributed by atoms with Crippen LogP contribution in [-0.4, -0.2) is 0 Å². The summed E-state index contributed by atoms with van der Waals surface area (Å²) in [4.78, 5) is 1.23. The molecule has 2 aromatic carbocycles. The van der Waals surface area contributed by atoms with Crippen LogP contribution in [-0.2, 0) is 0 Å². The molecule has 23 heavy (non-hydrogen) atoms. The third kappa shape index (κ3) is 2.86. The lowest BCUT2D eigenvalue weighted by molar-refractivity contribution is 0.598. The average molecular weight is 428 g/mol.